The van der Waals surface area contributed by atoms with Gasteiger partial charge >= 0.3 is 0 Å². The van der Waals surface area contributed by atoms with Crippen LogP contribution in [0.15, 0.2) is 65.6 Å². The Hall–Kier alpha value is -1.82. The summed E-state index contributed by atoms with van der Waals surface area (Å²) in [6.45, 7) is 37.3. The summed E-state index contributed by atoms with van der Waals surface area (Å²) in [5, 5.41) is 9.94. The first-order valence-corrected chi connectivity index (χ1v) is 23.8. The van der Waals surface area contributed by atoms with Crippen LogP contribution in [0.1, 0.15) is 102 Å². The highest BCUT2D eigenvalue weighted by atomic mass is 32.2. The maximum absolute atomic E-state index is 5.40. The van der Waals surface area contributed by atoms with Crippen LogP contribution in [0.5, 0.6) is 0 Å². The number of aromatic nitrogens is 1. The molecule has 12 heteroatoms. The number of rotatable bonds is 16. The lowest BCUT2D eigenvalue weighted by Gasteiger charge is -2.33. The topological polar surface area (TPSA) is 103 Å². The molecule has 1 aromatic rings. The normalized spacial score (nSPS) is 15.3. The number of nitrogens with zero attached hydrogens (tertiary/aromatic N) is 5. The summed E-state index contributed by atoms with van der Waals surface area (Å²) >= 11 is 1.75. The molecular formula is C46H99N9OPS+. The molecule has 1 saturated heterocycles. The van der Waals surface area contributed by atoms with E-state index in [1.54, 1.807) is 18.9 Å². The Balaban J connectivity index is -0.000000315. The molecule has 4 atom stereocenters. The van der Waals surface area contributed by atoms with Gasteiger partial charge in [0.25, 0.3) is 0 Å². The zero-order chi connectivity index (χ0) is 46.2. The molecule has 0 amide bonds. The maximum atomic E-state index is 5.40. The number of methoxy groups -OCH3 is 1. The monoisotopic (exact) mass is 857 g/mol. The number of pyridine rings is 1. The summed E-state index contributed by atoms with van der Waals surface area (Å²) in [5.74, 6) is 2.55. The maximum Gasteiger partial charge on any atom is 0.233 e. The first-order valence-electron chi connectivity index (χ1n) is 21.5. The van der Waals surface area contributed by atoms with Crippen molar-refractivity contribution in [3.63, 3.8) is 0 Å². The average molecular weight is 857 g/mol. The van der Waals surface area contributed by atoms with Crippen LogP contribution < -0.4 is 26.2 Å². The second-order valence-electron chi connectivity index (χ2n) is 15.4. The van der Waals surface area contributed by atoms with Gasteiger partial charge in [-0.25, -0.2) is 9.47 Å². The second kappa shape index (κ2) is 43.3. The molecule has 2 rings (SSSR count). The lowest BCUT2D eigenvalue weighted by Crippen LogP contribution is -2.52. The lowest BCUT2D eigenvalue weighted by atomic mass is 9.87. The Morgan fingerprint density at radius 3 is 1.93 bits per heavy atom. The van der Waals surface area contributed by atoms with Crippen LogP contribution in [0.4, 0.5) is 5.82 Å². The van der Waals surface area contributed by atoms with E-state index in [1.807, 2.05) is 64.0 Å². The summed E-state index contributed by atoms with van der Waals surface area (Å²) in [6.07, 6.45) is 14.9. The van der Waals surface area contributed by atoms with Crippen molar-refractivity contribution in [2.45, 2.75) is 114 Å². The van der Waals surface area contributed by atoms with E-state index < -0.39 is 0 Å². The number of piperazine rings is 1. The van der Waals surface area contributed by atoms with Crippen molar-refractivity contribution in [2.75, 3.05) is 101 Å². The number of amidine groups is 1. The van der Waals surface area contributed by atoms with Gasteiger partial charge in [-0.05, 0) is 96.0 Å². The number of nitrogens with one attached hydrogen (secondary N) is 3. The minimum atomic E-state index is -0.373. The summed E-state index contributed by atoms with van der Waals surface area (Å²) < 4.78 is 5.95. The van der Waals surface area contributed by atoms with Crippen LogP contribution in [-0.2, 0) is 4.74 Å². The van der Waals surface area contributed by atoms with Crippen molar-refractivity contribution in [1.29, 1.82) is 0 Å². The molecule has 1 aliphatic heterocycles. The fourth-order valence-corrected chi connectivity index (χ4v) is 4.85. The smallest absolute Gasteiger partial charge is 0.233 e. The second-order valence-corrected chi connectivity index (χ2v) is 17.4. The van der Waals surface area contributed by atoms with Gasteiger partial charge < -0.3 is 36.2 Å². The molecule has 0 radical (unpaired) electrons. The summed E-state index contributed by atoms with van der Waals surface area (Å²) in [6, 6.07) is 6.07. The van der Waals surface area contributed by atoms with E-state index in [1.165, 1.54) is 45.2 Å². The van der Waals surface area contributed by atoms with Crippen molar-refractivity contribution in [2.24, 2.45) is 22.1 Å². The zero-order valence-corrected chi connectivity index (χ0v) is 43.7. The minimum Gasteiger partial charge on any atom is -0.384 e. The van der Waals surface area contributed by atoms with E-state index in [0.29, 0.717) is 22.7 Å². The van der Waals surface area contributed by atoms with Crippen molar-refractivity contribution < 1.29 is 4.74 Å². The predicted octanol–water partition coefficient (Wildman–Crippen LogP) is 9.33. The number of hydrogen-bond acceptors (Lipinski definition) is 10. The molecule has 1 fully saturated rings. The molecule has 0 saturated carbocycles. The van der Waals surface area contributed by atoms with Crippen LogP contribution in [0.25, 0.3) is 0 Å². The number of thioether (sulfide) groups is 1. The minimum absolute atomic E-state index is 0.0834. The highest BCUT2D eigenvalue weighted by Crippen LogP contribution is 2.25. The molecule has 3 unspecified atom stereocenters. The van der Waals surface area contributed by atoms with Gasteiger partial charge in [-0.1, -0.05) is 94.4 Å². The number of aliphatic imine (C=N–C) groups is 1. The largest absolute Gasteiger partial charge is 0.384 e. The highest BCUT2D eigenvalue weighted by Gasteiger charge is 2.31. The van der Waals surface area contributed by atoms with Gasteiger partial charge in [-0.15, -0.1) is 9.24 Å². The van der Waals surface area contributed by atoms with Gasteiger partial charge in [0.05, 0.1) is 20.2 Å². The number of hydrogen-bond donors (Lipinski definition) is 4. The van der Waals surface area contributed by atoms with Crippen molar-refractivity contribution >= 4 is 32.7 Å². The standard InChI is InChI=1S/C28H48N5O.C6H14N2.C4H12NP.C3H8.C2H6S.C2H6.CH5N/c1-11-12-15-24(5)31-27(30-20-23(4)28(7,8)21-34-10)32-25(6)33(9,19-17-22(2)3)26-16-13-14-18-29-26;1-7-3-5-8(2)6-4-7;1-4(6)3-5-2;2*1-3-2;2*1-2/h12-16,18,20,22,27,30-31H,5,11,17,19,21H2,1-4,6-10H3;3-6H2,1-2H3;4-5H,3,6H2,1-2H3;3H2,1-2H3;1-2H3;1-2H3;2H2,1H3/q+1;;;;;;/b15-12-,23-20+,32-25+;;;;;;/t;;4-;;;;/m..1..../s1. The third-order valence-corrected chi connectivity index (χ3v) is 8.73. The van der Waals surface area contributed by atoms with Crippen molar-refractivity contribution in [3.05, 3.63) is 60.6 Å². The number of allylic oxidation sites excluding steroid dienone is 2. The van der Waals surface area contributed by atoms with E-state index in [0.717, 1.165) is 43.3 Å². The average Bonchev–Trinajstić information content (AvgIpc) is 3.19. The first-order chi connectivity index (χ1) is 27.3. The van der Waals surface area contributed by atoms with Crippen molar-refractivity contribution in [3.8, 4) is 0 Å². The van der Waals surface area contributed by atoms with E-state index >= 15 is 0 Å². The van der Waals surface area contributed by atoms with E-state index in [2.05, 4.69) is 155 Å². The van der Waals surface area contributed by atoms with Gasteiger partial charge in [-0.3, -0.25) is 0 Å². The zero-order valence-electron chi connectivity index (χ0n) is 41.8. The quantitative estimate of drug-likeness (QED) is 0.0324. The number of quaternary nitrogens is 1. The first kappa shape index (κ1) is 65.3. The number of likely N-dealkylation sites (N-methyl/N-ethyl adjacent to an activating group) is 2. The van der Waals surface area contributed by atoms with Crippen LogP contribution in [0.3, 0.4) is 0 Å². The Kier molecular flexibility index (Phi) is 48.7. The third-order valence-electron chi connectivity index (χ3n) is 8.50. The molecule has 0 aromatic carbocycles. The molecule has 10 nitrogen and oxygen atoms in total. The Morgan fingerprint density at radius 1 is 1.07 bits per heavy atom. The molecule has 1 aliphatic rings. The SMILES string of the molecule is C=C(/C=C\CC)NC(/N=C(\C)[N+](C)(CCC(C)C)c1ccccn1)N/C=C(\C)C(C)(C)COC.CC.CCC.CN.CN1CCN(C)CC1.CNC[C@@H](C)P.CSC. The van der Waals surface area contributed by atoms with Crippen LogP contribution in [0.2, 0.25) is 0 Å². The third kappa shape index (κ3) is 37.2. The fraction of sp³-hybridized carbons (Fsp3) is 0.739. The van der Waals surface area contributed by atoms with Gasteiger partial charge in [-0.2, -0.15) is 16.8 Å². The number of nitrogens with two attached hydrogens (primary N) is 1. The van der Waals surface area contributed by atoms with Gasteiger partial charge in [0.15, 0.2) is 6.29 Å². The molecule has 344 valence electrons. The van der Waals surface area contributed by atoms with Crippen LogP contribution in [-0.4, -0.2) is 133 Å². The van der Waals surface area contributed by atoms with E-state index in [9.17, 15) is 0 Å². The van der Waals surface area contributed by atoms with Crippen LogP contribution in [0, 0.1) is 11.3 Å². The Labute approximate surface area is 369 Å². The number of ether oxygens (including phenoxy) is 1. The fourth-order valence-electron chi connectivity index (χ4n) is 4.62. The van der Waals surface area contributed by atoms with Gasteiger partial charge in [0.1, 0.15) is 0 Å². The Morgan fingerprint density at radius 2 is 1.57 bits per heavy atom. The van der Waals surface area contributed by atoms with Crippen LogP contribution >= 0.6 is 21.0 Å². The molecule has 58 heavy (non-hydrogen) atoms. The van der Waals surface area contributed by atoms with E-state index in [4.69, 9.17) is 9.73 Å². The lowest BCUT2D eigenvalue weighted by molar-refractivity contribution is 0.126. The molecular weight excluding hydrogens is 758 g/mol. The van der Waals surface area contributed by atoms with Gasteiger partial charge in [0.2, 0.25) is 11.7 Å². The summed E-state index contributed by atoms with van der Waals surface area (Å²) in [7, 11) is 14.4. The molecule has 5 N–H and O–H groups in total. The molecule has 2 heterocycles. The molecule has 0 spiro atoms. The Bertz CT molecular complexity index is 1110. The molecule has 0 aliphatic carbocycles. The summed E-state index contributed by atoms with van der Waals surface area (Å²) in [5.41, 5.74) is 7.12. The molecule has 0 bridgehead atoms. The summed E-state index contributed by atoms with van der Waals surface area (Å²) in [4.78, 5) is 14.5. The van der Waals surface area contributed by atoms with E-state index in [-0.39, 0.29) is 11.7 Å². The van der Waals surface area contributed by atoms with Crippen molar-refractivity contribution in [1.82, 2.24) is 35.2 Å². The van der Waals surface area contributed by atoms with Gasteiger partial charge in [0, 0.05) is 70.1 Å². The predicted molar refractivity (Wildman–Crippen MR) is 272 cm³/mol. The highest BCUT2D eigenvalue weighted by molar-refractivity contribution is 7.97. The molecule has 1 aromatic heterocycles.